The fourth-order valence-corrected chi connectivity index (χ4v) is 1.74. The van der Waals surface area contributed by atoms with Gasteiger partial charge in [-0.25, -0.2) is 0 Å². The lowest BCUT2D eigenvalue weighted by molar-refractivity contribution is 0.476. The van der Waals surface area contributed by atoms with Crippen molar-refractivity contribution in [2.24, 2.45) is 5.73 Å². The Balaban J connectivity index is 2.17. The molecule has 88 valence electrons. The zero-order valence-electron chi connectivity index (χ0n) is 9.43. The molecule has 1 heterocycles. The third-order valence-corrected chi connectivity index (χ3v) is 2.95. The molecular weight excluding hydrogens is 280 g/mol. The first kappa shape index (κ1) is 12.1. The average Bonchev–Trinajstić information content (AvgIpc) is 2.33. The minimum Gasteiger partial charge on any atom is -0.455 e. The molecule has 0 radical (unpaired) electrons. The first-order chi connectivity index (χ1) is 8.16. The molecule has 1 atom stereocenters. The van der Waals surface area contributed by atoms with Crippen molar-refractivity contribution < 1.29 is 4.74 Å². The van der Waals surface area contributed by atoms with E-state index in [1.54, 1.807) is 6.20 Å². The predicted octanol–water partition coefficient (Wildman–Crippen LogP) is 3.66. The van der Waals surface area contributed by atoms with Crippen molar-refractivity contribution in [3.8, 4) is 11.5 Å². The van der Waals surface area contributed by atoms with Crippen LogP contribution in [0, 0.1) is 0 Å². The van der Waals surface area contributed by atoms with Crippen LogP contribution in [0.25, 0.3) is 0 Å². The predicted molar refractivity (Wildman–Crippen MR) is 71.1 cm³/mol. The molecule has 0 fully saturated rings. The monoisotopic (exact) mass is 292 g/mol. The summed E-state index contributed by atoms with van der Waals surface area (Å²) in [4.78, 5) is 4.24. The normalized spacial score (nSPS) is 12.2. The minimum atomic E-state index is -0.0625. The third-order valence-electron chi connectivity index (χ3n) is 2.29. The molecule has 1 aromatic carbocycles. The van der Waals surface area contributed by atoms with Gasteiger partial charge in [0.2, 0.25) is 0 Å². The number of aromatic nitrogens is 1. The zero-order chi connectivity index (χ0) is 12.3. The van der Waals surface area contributed by atoms with Gasteiger partial charge in [-0.05, 0) is 47.1 Å². The van der Waals surface area contributed by atoms with E-state index in [0.29, 0.717) is 5.75 Å². The second-order valence-electron chi connectivity index (χ2n) is 3.74. The van der Waals surface area contributed by atoms with Crippen LogP contribution in [0.15, 0.2) is 47.1 Å². The Bertz CT molecular complexity index is 497. The second-order valence-corrected chi connectivity index (χ2v) is 4.59. The molecule has 2 aromatic rings. The first-order valence-electron chi connectivity index (χ1n) is 5.31. The van der Waals surface area contributed by atoms with Crippen LogP contribution in [0.4, 0.5) is 0 Å². The molecule has 0 saturated heterocycles. The van der Waals surface area contributed by atoms with Gasteiger partial charge in [-0.2, -0.15) is 0 Å². The molecule has 17 heavy (non-hydrogen) atoms. The van der Waals surface area contributed by atoms with E-state index in [1.165, 1.54) is 0 Å². The summed E-state index contributed by atoms with van der Waals surface area (Å²) in [5, 5.41) is 0. The Kier molecular flexibility index (Phi) is 3.76. The highest BCUT2D eigenvalue weighted by Crippen LogP contribution is 2.28. The summed E-state index contributed by atoms with van der Waals surface area (Å²) in [6.07, 6.45) is 1.68. The largest absolute Gasteiger partial charge is 0.455 e. The van der Waals surface area contributed by atoms with Crippen LogP contribution in [0.3, 0.4) is 0 Å². The summed E-state index contributed by atoms with van der Waals surface area (Å²) >= 11 is 3.43. The van der Waals surface area contributed by atoms with Crippen molar-refractivity contribution in [1.82, 2.24) is 4.98 Å². The van der Waals surface area contributed by atoms with E-state index in [-0.39, 0.29) is 6.04 Å². The van der Waals surface area contributed by atoms with Crippen molar-refractivity contribution in [3.05, 3.63) is 52.8 Å². The van der Waals surface area contributed by atoms with E-state index in [4.69, 9.17) is 10.5 Å². The molecule has 4 heteroatoms. The molecule has 0 unspecified atom stereocenters. The van der Waals surface area contributed by atoms with Crippen LogP contribution in [0.2, 0.25) is 0 Å². The molecule has 0 aliphatic heterocycles. The summed E-state index contributed by atoms with van der Waals surface area (Å²) in [5.74, 6) is 1.46. The number of halogens is 1. The van der Waals surface area contributed by atoms with Gasteiger partial charge in [0.1, 0.15) is 11.5 Å². The fraction of sp³-hybridized carbons (Fsp3) is 0.154. The number of ether oxygens (including phenoxy) is 1. The lowest BCUT2D eigenvalue weighted by atomic mass is 10.2. The van der Waals surface area contributed by atoms with Crippen molar-refractivity contribution in [3.63, 3.8) is 0 Å². The fourth-order valence-electron chi connectivity index (χ4n) is 1.38. The first-order valence-corrected chi connectivity index (χ1v) is 6.10. The van der Waals surface area contributed by atoms with Crippen molar-refractivity contribution in [2.45, 2.75) is 13.0 Å². The van der Waals surface area contributed by atoms with Gasteiger partial charge in [-0.15, -0.1) is 0 Å². The summed E-state index contributed by atoms with van der Waals surface area (Å²) in [6.45, 7) is 1.90. The molecule has 1 aromatic heterocycles. The summed E-state index contributed by atoms with van der Waals surface area (Å²) in [5.41, 5.74) is 6.58. The zero-order valence-corrected chi connectivity index (χ0v) is 11.0. The number of hydrogen-bond donors (Lipinski definition) is 1. The Morgan fingerprint density at radius 1 is 1.24 bits per heavy atom. The maximum Gasteiger partial charge on any atom is 0.145 e. The lowest BCUT2D eigenvalue weighted by Crippen LogP contribution is -2.06. The van der Waals surface area contributed by atoms with Gasteiger partial charge in [-0.1, -0.05) is 12.1 Å². The molecular formula is C13H13BrN2O. The van der Waals surface area contributed by atoms with E-state index < -0.39 is 0 Å². The number of nitrogens with two attached hydrogens (primary N) is 1. The van der Waals surface area contributed by atoms with Gasteiger partial charge < -0.3 is 10.5 Å². The number of para-hydroxylation sites is 1. The van der Waals surface area contributed by atoms with Gasteiger partial charge in [0, 0.05) is 6.04 Å². The molecule has 0 aliphatic carbocycles. The number of pyridine rings is 1. The average molecular weight is 293 g/mol. The van der Waals surface area contributed by atoms with Gasteiger partial charge in [0.15, 0.2) is 0 Å². The van der Waals surface area contributed by atoms with E-state index in [1.807, 2.05) is 43.3 Å². The molecule has 0 bridgehead atoms. The van der Waals surface area contributed by atoms with Gasteiger partial charge in [-0.3, -0.25) is 4.98 Å². The Morgan fingerprint density at radius 3 is 2.59 bits per heavy atom. The SMILES string of the molecule is C[C@H](N)c1ccc(Oc2ccccc2Br)cn1. The molecule has 0 spiro atoms. The second kappa shape index (κ2) is 5.29. The van der Waals surface area contributed by atoms with Crippen molar-refractivity contribution >= 4 is 15.9 Å². The topological polar surface area (TPSA) is 48.1 Å². The Hall–Kier alpha value is -1.39. The van der Waals surface area contributed by atoms with E-state index in [2.05, 4.69) is 20.9 Å². The molecule has 3 nitrogen and oxygen atoms in total. The highest BCUT2D eigenvalue weighted by Gasteiger charge is 2.04. The summed E-state index contributed by atoms with van der Waals surface area (Å²) in [7, 11) is 0. The highest BCUT2D eigenvalue weighted by atomic mass is 79.9. The standard InChI is InChI=1S/C13H13BrN2O/c1-9(15)12-7-6-10(8-16-12)17-13-5-3-2-4-11(13)14/h2-9H,15H2,1H3/t9-/m0/s1. The van der Waals surface area contributed by atoms with Crippen LogP contribution in [-0.2, 0) is 0 Å². The van der Waals surface area contributed by atoms with Crippen molar-refractivity contribution in [1.29, 1.82) is 0 Å². The summed E-state index contributed by atoms with van der Waals surface area (Å²) < 4.78 is 6.61. The number of rotatable bonds is 3. The van der Waals surface area contributed by atoms with Gasteiger partial charge in [0.05, 0.1) is 16.4 Å². The minimum absolute atomic E-state index is 0.0625. The van der Waals surface area contributed by atoms with E-state index >= 15 is 0 Å². The lowest BCUT2D eigenvalue weighted by Gasteiger charge is -2.08. The van der Waals surface area contributed by atoms with Crippen LogP contribution >= 0.6 is 15.9 Å². The quantitative estimate of drug-likeness (QED) is 0.939. The maximum absolute atomic E-state index is 5.73. The van der Waals surface area contributed by atoms with Crippen molar-refractivity contribution in [2.75, 3.05) is 0 Å². The van der Waals surface area contributed by atoms with Gasteiger partial charge >= 0.3 is 0 Å². The van der Waals surface area contributed by atoms with E-state index in [9.17, 15) is 0 Å². The van der Waals surface area contributed by atoms with Crippen LogP contribution in [-0.4, -0.2) is 4.98 Å². The Morgan fingerprint density at radius 2 is 2.00 bits per heavy atom. The van der Waals surface area contributed by atoms with E-state index in [0.717, 1.165) is 15.9 Å². The number of hydrogen-bond acceptors (Lipinski definition) is 3. The molecule has 0 saturated carbocycles. The number of nitrogens with zero attached hydrogens (tertiary/aromatic N) is 1. The number of benzene rings is 1. The van der Waals surface area contributed by atoms with Crippen LogP contribution < -0.4 is 10.5 Å². The molecule has 2 rings (SSSR count). The third kappa shape index (κ3) is 3.05. The molecule has 2 N–H and O–H groups in total. The van der Waals surface area contributed by atoms with Crippen LogP contribution in [0.5, 0.6) is 11.5 Å². The Labute approximate surface area is 109 Å². The van der Waals surface area contributed by atoms with Gasteiger partial charge in [0.25, 0.3) is 0 Å². The van der Waals surface area contributed by atoms with Crippen LogP contribution in [0.1, 0.15) is 18.7 Å². The maximum atomic E-state index is 5.73. The summed E-state index contributed by atoms with van der Waals surface area (Å²) in [6, 6.07) is 11.4. The highest BCUT2D eigenvalue weighted by molar-refractivity contribution is 9.10. The smallest absolute Gasteiger partial charge is 0.145 e. The molecule has 0 aliphatic rings. The molecule has 0 amide bonds.